The van der Waals surface area contributed by atoms with Crippen LogP contribution in [0, 0.1) is 22.7 Å². The number of Topliss-reactive ketones (excluding diaryl/α,β-unsaturated/α-hetero) is 2. The van der Waals surface area contributed by atoms with Gasteiger partial charge in [0.05, 0.1) is 5.41 Å². The number of carbonyl (C=O) groups excluding carboxylic acids is 3. The summed E-state index contributed by atoms with van der Waals surface area (Å²) in [5.74, 6) is -1.33. The third-order valence-electron chi connectivity index (χ3n) is 10.5. The summed E-state index contributed by atoms with van der Waals surface area (Å²) in [6.45, 7) is 10.6. The van der Waals surface area contributed by atoms with E-state index in [2.05, 4.69) is 0 Å². The van der Waals surface area contributed by atoms with Gasteiger partial charge in [0.25, 0.3) is 0 Å². The Labute approximate surface area is 207 Å². The van der Waals surface area contributed by atoms with E-state index in [0.717, 1.165) is 11.1 Å². The summed E-state index contributed by atoms with van der Waals surface area (Å²) in [5.41, 5.74) is -5.88. The molecule has 3 saturated carbocycles. The first kappa shape index (κ1) is 26.2. The molecule has 4 aliphatic carbocycles. The second-order valence-corrected chi connectivity index (χ2v) is 12.2. The molecule has 0 saturated heterocycles. The maximum absolute atomic E-state index is 13.0. The second-order valence-electron chi connectivity index (χ2n) is 12.2. The summed E-state index contributed by atoms with van der Waals surface area (Å²) < 4.78 is 5.99. The van der Waals surface area contributed by atoms with E-state index in [-0.39, 0.29) is 37.4 Å². The summed E-state index contributed by atoms with van der Waals surface area (Å²) >= 11 is 0. The Bertz CT molecular complexity index is 1030. The molecule has 0 aliphatic heterocycles. The quantitative estimate of drug-likeness (QED) is 0.316. The predicted octanol–water partition coefficient (Wildman–Crippen LogP) is 3.19. The molecule has 4 aliphatic rings. The van der Waals surface area contributed by atoms with Crippen molar-refractivity contribution in [3.8, 4) is 0 Å². The van der Waals surface area contributed by atoms with E-state index in [9.17, 15) is 29.7 Å². The lowest BCUT2D eigenvalue weighted by Gasteiger charge is -2.66. The molecule has 194 valence electrons. The maximum Gasteiger partial charge on any atom is 0.330 e. The molecule has 3 N–H and O–H groups in total. The molecule has 0 unspecified atom stereocenters. The van der Waals surface area contributed by atoms with Crippen molar-refractivity contribution in [3.63, 3.8) is 0 Å². The molecule has 7 atom stereocenters. The van der Waals surface area contributed by atoms with Crippen molar-refractivity contribution >= 4 is 17.5 Å². The van der Waals surface area contributed by atoms with Crippen molar-refractivity contribution in [2.45, 2.75) is 109 Å². The number of carbonyl (C=O) groups is 3. The Morgan fingerprint density at radius 2 is 1.77 bits per heavy atom. The lowest BCUT2D eigenvalue weighted by Crippen LogP contribution is -2.78. The minimum absolute atomic E-state index is 0.000322. The largest absolute Gasteiger partial charge is 0.458 e. The average molecular weight is 489 g/mol. The van der Waals surface area contributed by atoms with E-state index < -0.39 is 51.4 Å². The van der Waals surface area contributed by atoms with E-state index in [4.69, 9.17) is 4.74 Å². The van der Waals surface area contributed by atoms with Crippen LogP contribution < -0.4 is 0 Å². The molecule has 0 heterocycles. The standard InChI is InChI=1S/C28H40O7/c1-16(2)17(3)13-23(31)35-22-15-21-24(5)9-8-20(30)14-19(24)7-10-27(21,33)28(34)12-11-26(32,18(4)29)25(22,28)6/h7,13,16,21-22,32-34H,8-12,14-15H2,1-6H3/b17-13+/t21-,22-,24+,25-,26-,27+,28-/m1/s1. The van der Waals surface area contributed by atoms with E-state index in [0.29, 0.717) is 19.3 Å². The highest BCUT2D eigenvalue weighted by Crippen LogP contribution is 2.70. The number of rotatable bonds is 4. The zero-order valence-electron chi connectivity index (χ0n) is 21.8. The summed E-state index contributed by atoms with van der Waals surface area (Å²) in [6.07, 6.45) is 3.76. The van der Waals surface area contributed by atoms with Crippen molar-refractivity contribution in [1.82, 2.24) is 0 Å². The summed E-state index contributed by atoms with van der Waals surface area (Å²) in [5, 5.41) is 36.3. The Kier molecular flexibility index (Phi) is 6.06. The van der Waals surface area contributed by atoms with Crippen LogP contribution in [-0.2, 0) is 19.1 Å². The number of aliphatic hydroxyl groups is 3. The molecule has 35 heavy (non-hydrogen) atoms. The SMILES string of the molecule is CC(=O)[C@]1(O)CC[C@@]2(O)[C@]1(C)[C@H](OC(=O)/C=C(\C)C(C)C)C[C@@H]1[C@@]3(C)CCC(=O)CC3=CC[C@]12O. The van der Waals surface area contributed by atoms with Gasteiger partial charge in [0.1, 0.15) is 28.7 Å². The Hall–Kier alpha value is -1.83. The molecule has 3 fully saturated rings. The Morgan fingerprint density at radius 1 is 1.11 bits per heavy atom. The fourth-order valence-electron chi connectivity index (χ4n) is 7.73. The van der Waals surface area contributed by atoms with Crippen LogP contribution in [-0.4, -0.2) is 55.8 Å². The van der Waals surface area contributed by atoms with Gasteiger partial charge in [-0.15, -0.1) is 0 Å². The van der Waals surface area contributed by atoms with Gasteiger partial charge in [0.15, 0.2) is 5.78 Å². The highest BCUT2D eigenvalue weighted by Gasteiger charge is 2.81. The Balaban J connectivity index is 1.86. The minimum Gasteiger partial charge on any atom is -0.458 e. The number of hydrogen-bond donors (Lipinski definition) is 3. The lowest BCUT2D eigenvalue weighted by atomic mass is 9.42. The normalized spacial score (nSPS) is 45.4. The van der Waals surface area contributed by atoms with E-state index >= 15 is 0 Å². The van der Waals surface area contributed by atoms with Gasteiger partial charge in [-0.05, 0) is 64.2 Å². The van der Waals surface area contributed by atoms with Crippen LogP contribution in [0.2, 0.25) is 0 Å². The van der Waals surface area contributed by atoms with Crippen molar-refractivity contribution < 1.29 is 34.4 Å². The molecule has 0 aromatic heterocycles. The van der Waals surface area contributed by atoms with Crippen molar-refractivity contribution in [2.24, 2.45) is 22.7 Å². The van der Waals surface area contributed by atoms with Gasteiger partial charge in [-0.2, -0.15) is 0 Å². The van der Waals surface area contributed by atoms with Gasteiger partial charge >= 0.3 is 5.97 Å². The average Bonchev–Trinajstić information content (AvgIpc) is 3.00. The number of ketones is 2. The van der Waals surface area contributed by atoms with Crippen LogP contribution in [0.5, 0.6) is 0 Å². The number of hydrogen-bond acceptors (Lipinski definition) is 7. The first-order valence-corrected chi connectivity index (χ1v) is 12.8. The van der Waals surface area contributed by atoms with Crippen LogP contribution >= 0.6 is 0 Å². The maximum atomic E-state index is 13.0. The van der Waals surface area contributed by atoms with Crippen molar-refractivity contribution in [2.75, 3.05) is 0 Å². The lowest BCUT2D eigenvalue weighted by molar-refractivity contribution is -0.313. The third kappa shape index (κ3) is 3.30. The molecule has 0 radical (unpaired) electrons. The molecular weight excluding hydrogens is 448 g/mol. The molecule has 0 spiro atoms. The van der Waals surface area contributed by atoms with Crippen LogP contribution in [0.4, 0.5) is 0 Å². The van der Waals surface area contributed by atoms with Gasteiger partial charge < -0.3 is 20.1 Å². The summed E-state index contributed by atoms with van der Waals surface area (Å²) in [4.78, 5) is 38.1. The molecule has 0 bridgehead atoms. The number of allylic oxidation sites excluding steroid dienone is 2. The van der Waals surface area contributed by atoms with E-state index in [1.807, 2.05) is 33.8 Å². The first-order chi connectivity index (χ1) is 16.1. The van der Waals surface area contributed by atoms with Crippen LogP contribution in [0.25, 0.3) is 0 Å². The van der Waals surface area contributed by atoms with Gasteiger partial charge in [0.2, 0.25) is 0 Å². The van der Waals surface area contributed by atoms with E-state index in [1.165, 1.54) is 13.0 Å². The highest BCUT2D eigenvalue weighted by atomic mass is 16.5. The molecule has 4 rings (SSSR count). The predicted molar refractivity (Wildman–Crippen MR) is 129 cm³/mol. The van der Waals surface area contributed by atoms with Crippen LogP contribution in [0.15, 0.2) is 23.3 Å². The van der Waals surface area contributed by atoms with Gasteiger partial charge in [-0.3, -0.25) is 9.59 Å². The summed E-state index contributed by atoms with van der Waals surface area (Å²) in [7, 11) is 0. The van der Waals surface area contributed by atoms with Crippen LogP contribution in [0.1, 0.15) is 86.5 Å². The number of esters is 1. The molecule has 0 aromatic rings. The van der Waals surface area contributed by atoms with Crippen molar-refractivity contribution in [3.05, 3.63) is 23.3 Å². The van der Waals surface area contributed by atoms with Crippen molar-refractivity contribution in [1.29, 1.82) is 0 Å². The molecule has 0 aromatic carbocycles. The Morgan fingerprint density at radius 3 is 2.37 bits per heavy atom. The smallest absolute Gasteiger partial charge is 0.330 e. The molecule has 7 heteroatoms. The van der Waals surface area contributed by atoms with Gasteiger partial charge in [-0.1, -0.05) is 38.0 Å². The topological polar surface area (TPSA) is 121 Å². The van der Waals surface area contributed by atoms with Gasteiger partial charge in [-0.25, -0.2) is 4.79 Å². The number of ether oxygens (including phenoxy) is 1. The second kappa shape index (κ2) is 8.09. The highest BCUT2D eigenvalue weighted by molar-refractivity contribution is 5.88. The number of fused-ring (bicyclic) bond motifs is 5. The fourth-order valence-corrected chi connectivity index (χ4v) is 7.73. The third-order valence-corrected chi connectivity index (χ3v) is 10.5. The van der Waals surface area contributed by atoms with Gasteiger partial charge in [0, 0.05) is 24.8 Å². The minimum atomic E-state index is -1.96. The summed E-state index contributed by atoms with van der Waals surface area (Å²) in [6, 6.07) is 0. The zero-order chi connectivity index (χ0) is 26.2. The molecular formula is C28H40O7. The monoisotopic (exact) mass is 488 g/mol. The molecule has 7 nitrogen and oxygen atoms in total. The van der Waals surface area contributed by atoms with E-state index in [1.54, 1.807) is 6.92 Å². The van der Waals surface area contributed by atoms with Crippen LogP contribution in [0.3, 0.4) is 0 Å². The zero-order valence-corrected chi connectivity index (χ0v) is 21.8. The fraction of sp³-hybridized carbons (Fsp3) is 0.750. The first-order valence-electron chi connectivity index (χ1n) is 12.8. The molecule has 0 amide bonds.